The van der Waals surface area contributed by atoms with E-state index in [1.807, 2.05) is 11.8 Å². The van der Waals surface area contributed by atoms with Crippen molar-refractivity contribution in [1.29, 1.82) is 0 Å². The van der Waals surface area contributed by atoms with Gasteiger partial charge in [0, 0.05) is 19.6 Å². The molecule has 2 N–H and O–H groups in total. The van der Waals surface area contributed by atoms with E-state index in [4.69, 9.17) is 5.73 Å². The predicted molar refractivity (Wildman–Crippen MR) is 69.2 cm³/mol. The van der Waals surface area contributed by atoms with Gasteiger partial charge in [0.25, 0.3) is 5.91 Å². The van der Waals surface area contributed by atoms with Crippen LogP contribution in [0.5, 0.6) is 0 Å². The number of amides is 1. The number of likely N-dealkylation sites (tertiary alicyclic amines) is 1. The fourth-order valence-electron chi connectivity index (χ4n) is 3.42. The van der Waals surface area contributed by atoms with E-state index in [-0.39, 0.29) is 5.91 Å². The van der Waals surface area contributed by atoms with Gasteiger partial charge in [-0.15, -0.1) is 0 Å². The van der Waals surface area contributed by atoms with Gasteiger partial charge in [-0.2, -0.15) is 5.10 Å². The van der Waals surface area contributed by atoms with Gasteiger partial charge >= 0.3 is 0 Å². The van der Waals surface area contributed by atoms with Crippen molar-refractivity contribution < 1.29 is 4.79 Å². The largest absolute Gasteiger partial charge is 0.395 e. The molecule has 2 heterocycles. The number of nitrogens with two attached hydrogens (primary N) is 1. The molecule has 1 aliphatic heterocycles. The van der Waals surface area contributed by atoms with Crippen molar-refractivity contribution in [2.24, 2.45) is 13.0 Å². The Balaban J connectivity index is 1.91. The average Bonchev–Trinajstić information content (AvgIpc) is 3.03. The maximum atomic E-state index is 12.6. The highest BCUT2D eigenvalue weighted by atomic mass is 16.2. The molecule has 0 spiro atoms. The maximum Gasteiger partial charge on any atom is 0.274 e. The Labute approximate surface area is 107 Å². The number of hydrogen-bond acceptors (Lipinski definition) is 3. The molecule has 2 fully saturated rings. The minimum Gasteiger partial charge on any atom is -0.395 e. The Morgan fingerprint density at radius 2 is 2.28 bits per heavy atom. The number of carbonyl (C=O) groups is 1. The van der Waals surface area contributed by atoms with Crippen LogP contribution in [0.3, 0.4) is 0 Å². The first kappa shape index (κ1) is 11.6. The van der Waals surface area contributed by atoms with Crippen LogP contribution in [0, 0.1) is 5.92 Å². The highest BCUT2D eigenvalue weighted by Crippen LogP contribution is 2.38. The SMILES string of the molecule is CCc1nn(C)c(C(=O)N2CC3CCC2C3)c1N. The third-order valence-electron chi connectivity index (χ3n) is 4.37. The molecule has 5 nitrogen and oxygen atoms in total. The number of nitrogen functional groups attached to an aromatic ring is 1. The highest BCUT2D eigenvalue weighted by molar-refractivity contribution is 5.98. The van der Waals surface area contributed by atoms with Crippen molar-refractivity contribution in [3.8, 4) is 0 Å². The van der Waals surface area contributed by atoms with Gasteiger partial charge in [-0.05, 0) is 31.6 Å². The number of rotatable bonds is 2. The summed E-state index contributed by atoms with van der Waals surface area (Å²) in [5, 5.41) is 4.33. The van der Waals surface area contributed by atoms with E-state index in [9.17, 15) is 4.79 Å². The second-order valence-corrected chi connectivity index (χ2v) is 5.48. The van der Waals surface area contributed by atoms with E-state index >= 15 is 0 Å². The third-order valence-corrected chi connectivity index (χ3v) is 4.37. The van der Waals surface area contributed by atoms with Gasteiger partial charge in [-0.1, -0.05) is 6.92 Å². The fourth-order valence-corrected chi connectivity index (χ4v) is 3.42. The van der Waals surface area contributed by atoms with Crippen LogP contribution >= 0.6 is 0 Å². The summed E-state index contributed by atoms with van der Waals surface area (Å²) in [6.07, 6.45) is 4.35. The number of anilines is 1. The molecule has 1 aromatic heterocycles. The first-order valence-corrected chi connectivity index (χ1v) is 6.74. The quantitative estimate of drug-likeness (QED) is 0.855. The van der Waals surface area contributed by atoms with Crippen LogP contribution in [0.15, 0.2) is 0 Å². The summed E-state index contributed by atoms with van der Waals surface area (Å²) in [5.74, 6) is 0.772. The zero-order chi connectivity index (χ0) is 12.9. The van der Waals surface area contributed by atoms with Gasteiger partial charge in [0.05, 0.1) is 11.4 Å². The van der Waals surface area contributed by atoms with Crippen molar-refractivity contribution in [2.75, 3.05) is 12.3 Å². The lowest BCUT2D eigenvalue weighted by Gasteiger charge is -2.27. The summed E-state index contributed by atoms with van der Waals surface area (Å²) in [7, 11) is 1.80. The van der Waals surface area contributed by atoms with Crippen LogP contribution in [0.4, 0.5) is 5.69 Å². The minimum atomic E-state index is 0.0643. The van der Waals surface area contributed by atoms with Crippen LogP contribution in [0.2, 0.25) is 0 Å². The van der Waals surface area contributed by atoms with Crippen molar-refractivity contribution in [3.05, 3.63) is 11.4 Å². The zero-order valence-corrected chi connectivity index (χ0v) is 11.0. The van der Waals surface area contributed by atoms with Crippen molar-refractivity contribution in [2.45, 2.75) is 38.6 Å². The molecule has 1 saturated heterocycles. The molecule has 1 aromatic rings. The zero-order valence-electron chi connectivity index (χ0n) is 11.0. The van der Waals surface area contributed by atoms with Crippen LogP contribution in [-0.4, -0.2) is 33.2 Å². The molecular formula is C13H20N4O. The molecule has 5 heteroatoms. The molecule has 2 atom stereocenters. The molecular weight excluding hydrogens is 228 g/mol. The highest BCUT2D eigenvalue weighted by Gasteiger charge is 2.41. The summed E-state index contributed by atoms with van der Waals surface area (Å²) >= 11 is 0. The second-order valence-electron chi connectivity index (χ2n) is 5.48. The van der Waals surface area contributed by atoms with Crippen LogP contribution in [-0.2, 0) is 13.5 Å². The third kappa shape index (κ3) is 1.53. The molecule has 18 heavy (non-hydrogen) atoms. The lowest BCUT2D eigenvalue weighted by atomic mass is 10.1. The van der Waals surface area contributed by atoms with E-state index in [0.29, 0.717) is 23.3 Å². The van der Waals surface area contributed by atoms with Gasteiger partial charge in [0.1, 0.15) is 5.69 Å². The number of carbonyl (C=O) groups excluding carboxylic acids is 1. The Morgan fingerprint density at radius 3 is 2.78 bits per heavy atom. The van der Waals surface area contributed by atoms with E-state index in [1.165, 1.54) is 12.8 Å². The molecule has 0 aromatic carbocycles. The number of fused-ring (bicyclic) bond motifs is 2. The lowest BCUT2D eigenvalue weighted by molar-refractivity contribution is 0.0693. The second kappa shape index (κ2) is 4.00. The molecule has 1 amide bonds. The molecule has 1 saturated carbocycles. The summed E-state index contributed by atoms with van der Waals surface area (Å²) in [6.45, 7) is 2.90. The monoisotopic (exact) mass is 248 g/mol. The normalized spacial score (nSPS) is 26.0. The van der Waals surface area contributed by atoms with E-state index in [1.54, 1.807) is 11.7 Å². The molecule has 2 unspecified atom stereocenters. The Kier molecular flexibility index (Phi) is 2.57. The molecule has 98 valence electrons. The van der Waals surface area contributed by atoms with Gasteiger partial charge < -0.3 is 10.6 Å². The molecule has 2 aliphatic rings. The number of aromatic nitrogens is 2. The summed E-state index contributed by atoms with van der Waals surface area (Å²) < 4.78 is 1.64. The summed E-state index contributed by atoms with van der Waals surface area (Å²) in [6, 6.07) is 0.432. The fraction of sp³-hybridized carbons (Fsp3) is 0.692. The number of piperidine rings is 1. The van der Waals surface area contributed by atoms with Crippen LogP contribution < -0.4 is 5.73 Å². The predicted octanol–water partition coefficient (Wildman–Crippen LogP) is 1.19. The molecule has 0 radical (unpaired) electrons. The Hall–Kier alpha value is -1.52. The van der Waals surface area contributed by atoms with E-state index in [0.717, 1.165) is 25.1 Å². The molecule has 3 rings (SSSR count). The Bertz CT molecular complexity index is 493. The number of nitrogens with zero attached hydrogens (tertiary/aromatic N) is 3. The number of aryl methyl sites for hydroxylation is 2. The van der Waals surface area contributed by atoms with Gasteiger partial charge in [-0.25, -0.2) is 0 Å². The molecule has 2 bridgehead atoms. The first-order chi connectivity index (χ1) is 8.61. The topological polar surface area (TPSA) is 64.2 Å². The van der Waals surface area contributed by atoms with E-state index < -0.39 is 0 Å². The van der Waals surface area contributed by atoms with Gasteiger partial charge in [0.15, 0.2) is 0 Å². The lowest BCUT2D eigenvalue weighted by Crippen LogP contribution is -2.38. The minimum absolute atomic E-state index is 0.0643. The van der Waals surface area contributed by atoms with Crippen molar-refractivity contribution in [3.63, 3.8) is 0 Å². The first-order valence-electron chi connectivity index (χ1n) is 6.74. The van der Waals surface area contributed by atoms with Gasteiger partial charge in [-0.3, -0.25) is 9.48 Å². The summed E-state index contributed by atoms with van der Waals surface area (Å²) in [5.41, 5.74) is 8.01. The van der Waals surface area contributed by atoms with E-state index in [2.05, 4.69) is 5.10 Å². The summed E-state index contributed by atoms with van der Waals surface area (Å²) in [4.78, 5) is 14.6. The smallest absolute Gasteiger partial charge is 0.274 e. The van der Waals surface area contributed by atoms with Gasteiger partial charge in [0.2, 0.25) is 0 Å². The maximum absolute atomic E-state index is 12.6. The molecule has 1 aliphatic carbocycles. The van der Waals surface area contributed by atoms with Crippen LogP contribution in [0.1, 0.15) is 42.4 Å². The standard InChI is InChI=1S/C13H20N4O/c1-3-10-11(14)12(16(2)15-10)13(18)17-7-8-4-5-9(17)6-8/h8-9H,3-7,14H2,1-2H3. The van der Waals surface area contributed by atoms with Crippen LogP contribution in [0.25, 0.3) is 0 Å². The average molecular weight is 248 g/mol. The number of hydrogen-bond donors (Lipinski definition) is 1. The Morgan fingerprint density at radius 1 is 1.50 bits per heavy atom. The van der Waals surface area contributed by atoms with Crippen molar-refractivity contribution >= 4 is 11.6 Å². The van der Waals surface area contributed by atoms with Crippen molar-refractivity contribution in [1.82, 2.24) is 14.7 Å².